The maximum absolute atomic E-state index is 13.9. The Morgan fingerprint density at radius 2 is 1.74 bits per heavy atom. The number of hydrogen-bond donors (Lipinski definition) is 0. The van der Waals surface area contributed by atoms with E-state index in [0.717, 1.165) is 6.42 Å². The Bertz CT molecular complexity index is 537. The average Bonchev–Trinajstić information content (AvgIpc) is 3.22. The van der Waals surface area contributed by atoms with Crippen LogP contribution in [-0.4, -0.2) is 77.4 Å². The molecule has 2 aliphatic heterocycles. The Morgan fingerprint density at radius 1 is 1.13 bits per heavy atom. The third-order valence-electron chi connectivity index (χ3n) is 5.52. The first-order valence-electron chi connectivity index (χ1n) is 8.26. The van der Waals surface area contributed by atoms with E-state index in [1.165, 1.54) is 4.90 Å². The molecule has 3 rings (SSSR count). The van der Waals surface area contributed by atoms with Gasteiger partial charge in [0.25, 0.3) is 5.91 Å². The van der Waals surface area contributed by atoms with E-state index in [2.05, 4.69) is 0 Å². The molecule has 1 spiro atoms. The van der Waals surface area contributed by atoms with Crippen LogP contribution in [0.5, 0.6) is 0 Å². The molecular formula is C16H24FN3O3. The fourth-order valence-electron chi connectivity index (χ4n) is 3.66. The van der Waals surface area contributed by atoms with E-state index < -0.39 is 11.6 Å². The molecule has 7 heteroatoms. The van der Waals surface area contributed by atoms with Crippen molar-refractivity contribution in [2.24, 2.45) is 0 Å². The van der Waals surface area contributed by atoms with Crippen LogP contribution in [-0.2, 0) is 14.4 Å². The van der Waals surface area contributed by atoms with Crippen LogP contribution in [0.25, 0.3) is 0 Å². The first-order chi connectivity index (χ1) is 10.8. The fourth-order valence-corrected chi connectivity index (χ4v) is 3.66. The van der Waals surface area contributed by atoms with E-state index in [-0.39, 0.29) is 23.9 Å². The summed E-state index contributed by atoms with van der Waals surface area (Å²) in [5.74, 6) is -0.490. The number of nitrogens with zero attached hydrogens (tertiary/aromatic N) is 3. The van der Waals surface area contributed by atoms with Crippen molar-refractivity contribution >= 4 is 17.7 Å². The standard InChI is InChI=1S/C16H24FN3O3/c1-18(2)13(22)11-20-12(21)3-4-15(20)7-9-19(10-8-15)14(23)16(17)5-6-16/h3-11H2,1-2H3. The number of amides is 3. The molecule has 3 aliphatic rings. The first-order valence-corrected chi connectivity index (χ1v) is 8.26. The molecule has 1 saturated carbocycles. The highest BCUT2D eigenvalue weighted by Gasteiger charge is 2.55. The predicted octanol–water partition coefficient (Wildman–Crippen LogP) is 0.560. The largest absolute Gasteiger partial charge is 0.347 e. The molecule has 0 bridgehead atoms. The minimum Gasteiger partial charge on any atom is -0.347 e. The van der Waals surface area contributed by atoms with E-state index in [4.69, 9.17) is 0 Å². The molecule has 0 unspecified atom stereocenters. The minimum atomic E-state index is -1.63. The van der Waals surface area contributed by atoms with Crippen LogP contribution in [0.2, 0.25) is 0 Å². The number of carbonyl (C=O) groups excluding carboxylic acids is 3. The Labute approximate surface area is 135 Å². The van der Waals surface area contributed by atoms with Gasteiger partial charge in [-0.15, -0.1) is 0 Å². The average molecular weight is 325 g/mol. The molecule has 0 aromatic carbocycles. The molecule has 0 aromatic rings. The maximum atomic E-state index is 13.9. The molecule has 0 N–H and O–H groups in total. The van der Waals surface area contributed by atoms with Gasteiger partial charge in [0.05, 0.1) is 0 Å². The molecule has 3 fully saturated rings. The van der Waals surface area contributed by atoms with Crippen molar-refractivity contribution in [3.63, 3.8) is 0 Å². The summed E-state index contributed by atoms with van der Waals surface area (Å²) in [5.41, 5.74) is -1.97. The molecule has 0 radical (unpaired) electrons. The van der Waals surface area contributed by atoms with Gasteiger partial charge in [0.15, 0.2) is 5.67 Å². The number of carbonyl (C=O) groups is 3. The van der Waals surface area contributed by atoms with Crippen molar-refractivity contribution in [1.82, 2.24) is 14.7 Å². The van der Waals surface area contributed by atoms with Crippen LogP contribution >= 0.6 is 0 Å². The van der Waals surface area contributed by atoms with E-state index in [9.17, 15) is 18.8 Å². The van der Waals surface area contributed by atoms with Crippen molar-refractivity contribution < 1.29 is 18.8 Å². The molecule has 128 valence electrons. The molecule has 3 amide bonds. The van der Waals surface area contributed by atoms with Gasteiger partial charge in [-0.05, 0) is 32.1 Å². The molecule has 2 saturated heterocycles. The van der Waals surface area contributed by atoms with Gasteiger partial charge in [-0.1, -0.05) is 0 Å². The third kappa shape index (κ3) is 2.81. The van der Waals surface area contributed by atoms with E-state index in [1.54, 1.807) is 23.9 Å². The van der Waals surface area contributed by atoms with E-state index >= 15 is 0 Å². The van der Waals surface area contributed by atoms with Gasteiger partial charge in [-0.3, -0.25) is 14.4 Å². The summed E-state index contributed by atoms with van der Waals surface area (Å²) in [5, 5.41) is 0. The Morgan fingerprint density at radius 3 is 2.26 bits per heavy atom. The van der Waals surface area contributed by atoms with Gasteiger partial charge >= 0.3 is 0 Å². The molecular weight excluding hydrogens is 301 g/mol. The van der Waals surface area contributed by atoms with Gasteiger partial charge in [0, 0.05) is 39.1 Å². The summed E-state index contributed by atoms with van der Waals surface area (Å²) in [6.45, 7) is 1.02. The number of halogens is 1. The van der Waals surface area contributed by atoms with Crippen LogP contribution < -0.4 is 0 Å². The quantitative estimate of drug-likeness (QED) is 0.762. The maximum Gasteiger partial charge on any atom is 0.260 e. The highest BCUT2D eigenvalue weighted by atomic mass is 19.1. The van der Waals surface area contributed by atoms with Gasteiger partial charge in [-0.2, -0.15) is 0 Å². The monoisotopic (exact) mass is 325 g/mol. The van der Waals surface area contributed by atoms with Gasteiger partial charge in [0.2, 0.25) is 11.8 Å². The zero-order valence-corrected chi connectivity index (χ0v) is 13.8. The summed E-state index contributed by atoms with van der Waals surface area (Å²) in [4.78, 5) is 41.1. The lowest BCUT2D eigenvalue weighted by Crippen LogP contribution is -2.57. The topological polar surface area (TPSA) is 60.9 Å². The Kier molecular flexibility index (Phi) is 3.84. The summed E-state index contributed by atoms with van der Waals surface area (Å²) in [6.07, 6.45) is 3.07. The zero-order valence-electron chi connectivity index (χ0n) is 13.8. The van der Waals surface area contributed by atoms with Crippen LogP contribution in [0.15, 0.2) is 0 Å². The van der Waals surface area contributed by atoms with Crippen LogP contribution in [0.4, 0.5) is 4.39 Å². The molecule has 1 aliphatic carbocycles. The number of likely N-dealkylation sites (tertiary alicyclic amines) is 2. The van der Waals surface area contributed by atoms with Crippen LogP contribution in [0.3, 0.4) is 0 Å². The number of likely N-dealkylation sites (N-methyl/N-ethyl adjacent to an activating group) is 1. The molecule has 23 heavy (non-hydrogen) atoms. The SMILES string of the molecule is CN(C)C(=O)CN1C(=O)CCC12CCN(C(=O)C1(F)CC1)CC2. The minimum absolute atomic E-state index is 0.00383. The second kappa shape index (κ2) is 5.46. The molecule has 0 atom stereocenters. The smallest absolute Gasteiger partial charge is 0.260 e. The zero-order chi connectivity index (χ0) is 16.8. The fraction of sp³-hybridized carbons (Fsp3) is 0.812. The van der Waals surface area contributed by atoms with E-state index in [1.807, 2.05) is 0 Å². The highest BCUT2D eigenvalue weighted by Crippen LogP contribution is 2.44. The van der Waals surface area contributed by atoms with Gasteiger partial charge in [-0.25, -0.2) is 4.39 Å². The first kappa shape index (κ1) is 16.2. The number of piperidine rings is 1. The molecule has 2 heterocycles. The van der Waals surface area contributed by atoms with Crippen molar-refractivity contribution in [3.8, 4) is 0 Å². The van der Waals surface area contributed by atoms with Crippen LogP contribution in [0, 0.1) is 0 Å². The Balaban J connectivity index is 1.66. The lowest BCUT2D eigenvalue weighted by molar-refractivity contribution is -0.145. The highest BCUT2D eigenvalue weighted by molar-refractivity contribution is 5.89. The van der Waals surface area contributed by atoms with Gasteiger partial charge < -0.3 is 14.7 Å². The second-order valence-corrected chi connectivity index (χ2v) is 7.25. The van der Waals surface area contributed by atoms with Crippen molar-refractivity contribution in [2.75, 3.05) is 33.7 Å². The lowest BCUT2D eigenvalue weighted by atomic mass is 9.84. The number of rotatable bonds is 3. The predicted molar refractivity (Wildman–Crippen MR) is 81.3 cm³/mol. The normalized spacial score (nSPS) is 24.9. The van der Waals surface area contributed by atoms with Crippen molar-refractivity contribution in [2.45, 2.75) is 49.7 Å². The third-order valence-corrected chi connectivity index (χ3v) is 5.52. The number of hydrogen-bond acceptors (Lipinski definition) is 3. The summed E-state index contributed by atoms with van der Waals surface area (Å²) in [7, 11) is 3.35. The van der Waals surface area contributed by atoms with Crippen molar-refractivity contribution in [3.05, 3.63) is 0 Å². The second-order valence-electron chi connectivity index (χ2n) is 7.25. The summed E-state index contributed by atoms with van der Waals surface area (Å²) >= 11 is 0. The lowest BCUT2D eigenvalue weighted by Gasteiger charge is -2.45. The van der Waals surface area contributed by atoms with Gasteiger partial charge in [0.1, 0.15) is 6.54 Å². The van der Waals surface area contributed by atoms with E-state index in [0.29, 0.717) is 45.2 Å². The van der Waals surface area contributed by atoms with Crippen molar-refractivity contribution in [1.29, 1.82) is 0 Å². The van der Waals surface area contributed by atoms with Crippen LogP contribution in [0.1, 0.15) is 38.5 Å². The Hall–Kier alpha value is -1.66. The molecule has 0 aromatic heterocycles. The number of alkyl halides is 1. The summed E-state index contributed by atoms with van der Waals surface area (Å²) in [6, 6.07) is 0. The summed E-state index contributed by atoms with van der Waals surface area (Å²) < 4.78 is 13.9. The molecule has 6 nitrogen and oxygen atoms in total.